The number of carbonyl (C=O) groups is 2. The van der Waals surface area contributed by atoms with Crippen molar-refractivity contribution in [2.45, 2.75) is 25.4 Å². The summed E-state index contributed by atoms with van der Waals surface area (Å²) in [5, 5.41) is 9.24. The van der Waals surface area contributed by atoms with Crippen LogP contribution in [-0.4, -0.2) is 22.3 Å². The number of carbonyl (C=O) groups excluding carboxylic acids is 2. The van der Waals surface area contributed by atoms with Gasteiger partial charge in [-0.15, -0.1) is 0 Å². The number of hydrogen-bond donors (Lipinski definition) is 1. The highest BCUT2D eigenvalue weighted by atomic mass is 35.5. The van der Waals surface area contributed by atoms with E-state index in [-0.39, 0.29) is 10.1 Å². The lowest BCUT2D eigenvalue weighted by molar-refractivity contribution is -0.128. The first-order valence-corrected chi connectivity index (χ1v) is 8.24. The highest BCUT2D eigenvalue weighted by Gasteiger charge is 2.48. The van der Waals surface area contributed by atoms with Gasteiger partial charge in [-0.1, -0.05) is 77.6 Å². The second kappa shape index (κ2) is 6.96. The predicted octanol–water partition coefficient (Wildman–Crippen LogP) is 4.51. The largest absolute Gasteiger partial charge is 0.375 e. The number of halogens is 4. The Hall–Kier alpha value is -0.840. The van der Waals surface area contributed by atoms with Gasteiger partial charge in [0.1, 0.15) is 5.03 Å². The smallest absolute Gasteiger partial charge is 0.213 e. The molecule has 0 fully saturated rings. The topological polar surface area (TPSA) is 54.4 Å². The van der Waals surface area contributed by atoms with Gasteiger partial charge in [0.2, 0.25) is 5.78 Å². The molecule has 1 unspecified atom stereocenters. The molecule has 1 atom stereocenters. The molecule has 0 radical (unpaired) electrons. The van der Waals surface area contributed by atoms with E-state index in [1.807, 2.05) is 6.92 Å². The lowest BCUT2D eigenvalue weighted by atomic mass is 9.86. The molecule has 23 heavy (non-hydrogen) atoms. The van der Waals surface area contributed by atoms with Crippen molar-refractivity contribution in [1.82, 2.24) is 0 Å². The van der Waals surface area contributed by atoms with Gasteiger partial charge in [0.05, 0.1) is 21.5 Å². The third kappa shape index (κ3) is 3.35. The number of hydrogen-bond acceptors (Lipinski definition) is 3. The fourth-order valence-corrected chi connectivity index (χ4v) is 3.20. The van der Waals surface area contributed by atoms with E-state index in [1.165, 1.54) is 0 Å². The molecule has 0 saturated carbocycles. The number of Topliss-reactive ketones (excluding diaryl/α,β-unsaturated/α-hetero) is 2. The zero-order valence-corrected chi connectivity index (χ0v) is 15.0. The molecule has 0 aliphatic heterocycles. The maximum Gasteiger partial charge on any atom is 0.213 e. The molecule has 3 nitrogen and oxygen atoms in total. The molecule has 1 aliphatic rings. The van der Waals surface area contributed by atoms with E-state index in [4.69, 9.17) is 46.4 Å². The number of aliphatic hydroxyl groups is 1. The van der Waals surface area contributed by atoms with Gasteiger partial charge in [-0.25, -0.2) is 0 Å². The van der Waals surface area contributed by atoms with Crippen LogP contribution < -0.4 is 0 Å². The second-order valence-corrected chi connectivity index (χ2v) is 6.61. The van der Waals surface area contributed by atoms with Gasteiger partial charge >= 0.3 is 0 Å². The third-order valence-electron chi connectivity index (χ3n) is 3.62. The molecule has 0 aromatic heterocycles. The highest BCUT2D eigenvalue weighted by Crippen LogP contribution is 2.44. The van der Waals surface area contributed by atoms with Crippen LogP contribution in [0.5, 0.6) is 0 Å². The van der Waals surface area contributed by atoms with Gasteiger partial charge in [-0.3, -0.25) is 9.59 Å². The number of allylic oxidation sites excluding steroid dienone is 2. The Balaban J connectivity index is 2.34. The molecule has 7 heteroatoms. The maximum atomic E-state index is 12.4. The molecule has 0 saturated heterocycles. The number of ketones is 2. The molecule has 0 heterocycles. The van der Waals surface area contributed by atoms with E-state index < -0.39 is 33.7 Å². The molecular weight excluding hydrogens is 382 g/mol. The normalized spacial score (nSPS) is 21.9. The van der Waals surface area contributed by atoms with Crippen molar-refractivity contribution in [1.29, 1.82) is 0 Å². The first-order valence-electron chi connectivity index (χ1n) is 6.73. The van der Waals surface area contributed by atoms with Crippen LogP contribution >= 0.6 is 46.4 Å². The predicted molar refractivity (Wildman–Crippen MR) is 92.2 cm³/mol. The molecule has 1 aromatic rings. The zero-order valence-electron chi connectivity index (χ0n) is 12.0. The fourth-order valence-electron chi connectivity index (χ4n) is 2.17. The van der Waals surface area contributed by atoms with Crippen molar-refractivity contribution in [3.63, 3.8) is 0 Å². The molecule has 1 aliphatic carbocycles. The van der Waals surface area contributed by atoms with E-state index in [2.05, 4.69) is 0 Å². The highest BCUT2D eigenvalue weighted by molar-refractivity contribution is 6.58. The first-order chi connectivity index (χ1) is 10.7. The van der Waals surface area contributed by atoms with Crippen LogP contribution in [0.4, 0.5) is 0 Å². The monoisotopic (exact) mass is 392 g/mol. The van der Waals surface area contributed by atoms with E-state index in [0.29, 0.717) is 5.56 Å². The van der Waals surface area contributed by atoms with E-state index in [1.54, 1.807) is 24.3 Å². The minimum Gasteiger partial charge on any atom is -0.375 e. The standard InChI is InChI=1S/C16H12Cl4O3/c1-2-8-3-5-9(6-4-8)10(21)7-16(23)14(20)12(18)11(17)13(19)15(16)22/h3-6,23H,2,7H2,1H3. The average molecular weight is 394 g/mol. The van der Waals surface area contributed by atoms with Crippen molar-refractivity contribution in [3.8, 4) is 0 Å². The summed E-state index contributed by atoms with van der Waals surface area (Å²) >= 11 is 23.4. The number of rotatable bonds is 4. The molecule has 0 amide bonds. The Morgan fingerprint density at radius 1 is 1.04 bits per heavy atom. The van der Waals surface area contributed by atoms with Gasteiger partial charge < -0.3 is 5.11 Å². The quantitative estimate of drug-likeness (QED) is 0.765. The van der Waals surface area contributed by atoms with Crippen LogP contribution in [0, 0.1) is 0 Å². The zero-order chi connectivity index (χ0) is 17.4. The summed E-state index contributed by atoms with van der Waals surface area (Å²) in [6.45, 7) is 1.99. The van der Waals surface area contributed by atoms with Gasteiger partial charge in [0.25, 0.3) is 0 Å². The summed E-state index contributed by atoms with van der Waals surface area (Å²) in [5.41, 5.74) is -0.900. The van der Waals surface area contributed by atoms with E-state index >= 15 is 0 Å². The van der Waals surface area contributed by atoms with Gasteiger partial charge in [-0.2, -0.15) is 0 Å². The summed E-state index contributed by atoms with van der Waals surface area (Å²) in [7, 11) is 0. The molecule has 0 bridgehead atoms. The van der Waals surface area contributed by atoms with E-state index in [0.717, 1.165) is 12.0 Å². The van der Waals surface area contributed by atoms with Crippen molar-refractivity contribution >= 4 is 58.0 Å². The molecule has 122 valence electrons. The minimum absolute atomic E-state index is 0.241. The Morgan fingerprint density at radius 3 is 2.13 bits per heavy atom. The summed E-state index contributed by atoms with van der Waals surface area (Å²) < 4.78 is 0. The Morgan fingerprint density at radius 2 is 1.61 bits per heavy atom. The van der Waals surface area contributed by atoms with Crippen LogP contribution in [0.15, 0.2) is 44.4 Å². The summed E-state index contributed by atoms with van der Waals surface area (Å²) in [4.78, 5) is 24.6. The molecule has 0 spiro atoms. The van der Waals surface area contributed by atoms with Crippen molar-refractivity contribution in [2.75, 3.05) is 0 Å². The summed E-state index contributed by atoms with van der Waals surface area (Å²) in [6.07, 6.45) is 0.257. The SMILES string of the molecule is CCc1ccc(C(=O)CC2(O)C(=O)C(Cl)=C(Cl)C(Cl)=C2Cl)cc1. The van der Waals surface area contributed by atoms with Crippen LogP contribution in [0.25, 0.3) is 0 Å². The van der Waals surface area contributed by atoms with Gasteiger partial charge in [-0.05, 0) is 12.0 Å². The Labute approximate surface area is 153 Å². The summed E-state index contributed by atoms with van der Waals surface area (Å²) in [6, 6.07) is 6.85. The van der Waals surface area contributed by atoms with E-state index in [9.17, 15) is 14.7 Å². The fraction of sp³-hybridized carbons (Fsp3) is 0.250. The number of aryl methyl sites for hydroxylation is 1. The average Bonchev–Trinajstić information content (AvgIpc) is 2.57. The third-order valence-corrected chi connectivity index (χ3v) is 5.53. The summed E-state index contributed by atoms with van der Waals surface area (Å²) in [5.74, 6) is -1.41. The molecule has 1 aromatic carbocycles. The van der Waals surface area contributed by atoms with Gasteiger partial charge in [0.15, 0.2) is 11.4 Å². The number of benzene rings is 1. The first kappa shape index (κ1) is 18.5. The Bertz CT molecular complexity index is 734. The Kier molecular flexibility index (Phi) is 5.59. The second-order valence-electron chi connectivity index (χ2n) is 5.10. The lowest BCUT2D eigenvalue weighted by Crippen LogP contribution is -2.44. The molecule has 1 N–H and O–H groups in total. The van der Waals surface area contributed by atoms with Crippen molar-refractivity contribution in [3.05, 3.63) is 55.5 Å². The van der Waals surface area contributed by atoms with Crippen molar-refractivity contribution in [2.24, 2.45) is 0 Å². The van der Waals surface area contributed by atoms with Crippen LogP contribution in [0.2, 0.25) is 0 Å². The van der Waals surface area contributed by atoms with Crippen LogP contribution in [0.1, 0.15) is 29.3 Å². The van der Waals surface area contributed by atoms with Crippen LogP contribution in [0.3, 0.4) is 0 Å². The maximum absolute atomic E-state index is 12.4. The molecule has 2 rings (SSSR count). The van der Waals surface area contributed by atoms with Gasteiger partial charge in [0, 0.05) is 5.56 Å². The van der Waals surface area contributed by atoms with Crippen molar-refractivity contribution < 1.29 is 14.7 Å². The minimum atomic E-state index is -2.31. The van der Waals surface area contributed by atoms with Crippen LogP contribution in [-0.2, 0) is 11.2 Å². The molecular formula is C16H12Cl4O3. The lowest BCUT2D eigenvalue weighted by Gasteiger charge is -2.29.